The molecule has 2 rings (SSSR count). The van der Waals surface area contributed by atoms with E-state index in [4.69, 9.17) is 46.4 Å². The van der Waals surface area contributed by atoms with Gasteiger partial charge in [0.05, 0.1) is 20.8 Å². The molecular formula is C13H8Cl4N2O. The highest BCUT2D eigenvalue weighted by molar-refractivity contribution is 6.44. The first-order valence-corrected chi connectivity index (χ1v) is 6.98. The fraction of sp³-hybridized carbons (Fsp3) is 0.0769. The molecule has 1 N–H and O–H groups in total. The first kappa shape index (κ1) is 15.4. The maximum Gasteiger partial charge on any atom is 0.255 e. The summed E-state index contributed by atoms with van der Waals surface area (Å²) in [5.41, 5.74) is 1.39. The van der Waals surface area contributed by atoms with Crippen molar-refractivity contribution in [2.75, 3.05) is 5.32 Å². The number of anilines is 1. The number of amides is 1. The Kier molecular flexibility index (Phi) is 4.76. The summed E-state index contributed by atoms with van der Waals surface area (Å²) < 4.78 is 0. The quantitative estimate of drug-likeness (QED) is 0.593. The van der Waals surface area contributed by atoms with Crippen molar-refractivity contribution < 1.29 is 4.79 Å². The van der Waals surface area contributed by atoms with Crippen LogP contribution >= 0.6 is 46.4 Å². The summed E-state index contributed by atoms with van der Waals surface area (Å²) in [5, 5.41) is 3.81. The number of benzene rings is 1. The Hall–Kier alpha value is -1.000. The number of hydrogen-bond acceptors (Lipinski definition) is 2. The lowest BCUT2D eigenvalue weighted by atomic mass is 10.2. The fourth-order valence-electron chi connectivity index (χ4n) is 1.57. The molecule has 0 fully saturated rings. The predicted octanol–water partition coefficient (Wildman–Crippen LogP) is 5.26. The molecule has 7 heteroatoms. The van der Waals surface area contributed by atoms with Crippen LogP contribution < -0.4 is 5.32 Å². The van der Waals surface area contributed by atoms with Gasteiger partial charge in [-0.3, -0.25) is 4.79 Å². The van der Waals surface area contributed by atoms with Gasteiger partial charge in [0.2, 0.25) is 0 Å². The van der Waals surface area contributed by atoms with Gasteiger partial charge in [0.1, 0.15) is 5.15 Å². The minimum atomic E-state index is -0.363. The Morgan fingerprint density at radius 2 is 1.65 bits per heavy atom. The van der Waals surface area contributed by atoms with Crippen LogP contribution in [0.2, 0.25) is 20.2 Å². The van der Waals surface area contributed by atoms with Crippen LogP contribution in [0.1, 0.15) is 16.1 Å². The molecule has 1 aromatic carbocycles. The van der Waals surface area contributed by atoms with Gasteiger partial charge >= 0.3 is 0 Å². The van der Waals surface area contributed by atoms with Crippen molar-refractivity contribution >= 4 is 58.0 Å². The van der Waals surface area contributed by atoms with E-state index in [0.717, 1.165) is 0 Å². The second-order valence-electron chi connectivity index (χ2n) is 4.02. The number of halogens is 4. The first-order valence-electron chi connectivity index (χ1n) is 5.47. The highest BCUT2D eigenvalue weighted by Gasteiger charge is 2.12. The Labute approximate surface area is 135 Å². The molecule has 0 saturated heterocycles. The SMILES string of the molecule is Cc1cc(C(=O)Nc2cc(Cl)c(Cl)cc2Cl)cc(Cl)n1. The summed E-state index contributed by atoms with van der Waals surface area (Å²) in [7, 11) is 0. The monoisotopic (exact) mass is 348 g/mol. The van der Waals surface area contributed by atoms with Gasteiger partial charge in [-0.05, 0) is 31.2 Å². The predicted molar refractivity (Wildman–Crippen MR) is 83.4 cm³/mol. The zero-order chi connectivity index (χ0) is 14.9. The van der Waals surface area contributed by atoms with E-state index in [1.807, 2.05) is 0 Å². The first-order chi connectivity index (χ1) is 9.36. The molecule has 0 bridgehead atoms. The van der Waals surface area contributed by atoms with Crippen LogP contribution in [0.4, 0.5) is 5.69 Å². The highest BCUT2D eigenvalue weighted by Crippen LogP contribution is 2.32. The topological polar surface area (TPSA) is 42.0 Å². The van der Waals surface area contributed by atoms with Crippen molar-refractivity contribution in [1.29, 1.82) is 0 Å². The van der Waals surface area contributed by atoms with E-state index < -0.39 is 0 Å². The van der Waals surface area contributed by atoms with E-state index in [2.05, 4.69) is 10.3 Å². The zero-order valence-corrected chi connectivity index (χ0v) is 13.2. The van der Waals surface area contributed by atoms with Crippen LogP contribution in [0.5, 0.6) is 0 Å². The van der Waals surface area contributed by atoms with Crippen molar-refractivity contribution in [3.63, 3.8) is 0 Å². The molecule has 1 heterocycles. The van der Waals surface area contributed by atoms with Gasteiger partial charge in [0, 0.05) is 11.3 Å². The summed E-state index contributed by atoms with van der Waals surface area (Å²) in [4.78, 5) is 16.1. The highest BCUT2D eigenvalue weighted by atomic mass is 35.5. The van der Waals surface area contributed by atoms with Crippen molar-refractivity contribution in [2.45, 2.75) is 6.92 Å². The van der Waals surface area contributed by atoms with Gasteiger partial charge in [-0.2, -0.15) is 0 Å². The van der Waals surface area contributed by atoms with Crippen molar-refractivity contribution in [3.8, 4) is 0 Å². The molecule has 2 aromatic rings. The summed E-state index contributed by atoms with van der Waals surface area (Å²) >= 11 is 23.5. The van der Waals surface area contributed by atoms with Gasteiger partial charge in [-0.25, -0.2) is 4.98 Å². The molecular weight excluding hydrogens is 342 g/mol. The average Bonchev–Trinajstić information content (AvgIpc) is 2.34. The summed E-state index contributed by atoms with van der Waals surface area (Å²) in [5.74, 6) is -0.363. The van der Waals surface area contributed by atoms with E-state index in [1.165, 1.54) is 18.2 Å². The maximum atomic E-state index is 12.1. The van der Waals surface area contributed by atoms with E-state index in [0.29, 0.717) is 32.0 Å². The van der Waals surface area contributed by atoms with E-state index in [-0.39, 0.29) is 11.1 Å². The van der Waals surface area contributed by atoms with E-state index in [9.17, 15) is 4.79 Å². The Morgan fingerprint density at radius 3 is 2.30 bits per heavy atom. The number of carbonyl (C=O) groups excluding carboxylic acids is 1. The fourth-order valence-corrected chi connectivity index (χ4v) is 2.42. The van der Waals surface area contributed by atoms with Crippen LogP contribution in [0.3, 0.4) is 0 Å². The number of aromatic nitrogens is 1. The number of carbonyl (C=O) groups is 1. The number of nitrogens with zero attached hydrogens (tertiary/aromatic N) is 1. The minimum absolute atomic E-state index is 0.246. The van der Waals surface area contributed by atoms with Crippen LogP contribution in [-0.2, 0) is 0 Å². The van der Waals surface area contributed by atoms with Gasteiger partial charge < -0.3 is 5.32 Å². The summed E-state index contributed by atoms with van der Waals surface area (Å²) in [6.07, 6.45) is 0. The van der Waals surface area contributed by atoms with Crippen molar-refractivity contribution in [1.82, 2.24) is 4.98 Å². The molecule has 0 radical (unpaired) electrons. The number of pyridine rings is 1. The van der Waals surface area contributed by atoms with E-state index in [1.54, 1.807) is 13.0 Å². The largest absolute Gasteiger partial charge is 0.321 e. The maximum absolute atomic E-state index is 12.1. The lowest BCUT2D eigenvalue weighted by molar-refractivity contribution is 0.102. The third kappa shape index (κ3) is 3.55. The Balaban J connectivity index is 2.30. The molecule has 20 heavy (non-hydrogen) atoms. The zero-order valence-electron chi connectivity index (χ0n) is 10.2. The molecule has 0 atom stereocenters. The average molecular weight is 350 g/mol. The molecule has 0 saturated carbocycles. The number of rotatable bonds is 2. The van der Waals surface area contributed by atoms with Crippen molar-refractivity contribution in [2.24, 2.45) is 0 Å². The number of nitrogens with one attached hydrogen (secondary N) is 1. The number of aryl methyl sites for hydroxylation is 1. The van der Waals surface area contributed by atoms with Gasteiger partial charge in [0.25, 0.3) is 5.91 Å². The molecule has 1 aromatic heterocycles. The number of hydrogen-bond donors (Lipinski definition) is 1. The molecule has 0 aliphatic heterocycles. The molecule has 0 spiro atoms. The van der Waals surface area contributed by atoms with Crippen molar-refractivity contribution in [3.05, 3.63) is 55.7 Å². The minimum Gasteiger partial charge on any atom is -0.321 e. The van der Waals surface area contributed by atoms with Crippen LogP contribution in [0.25, 0.3) is 0 Å². The lowest BCUT2D eigenvalue weighted by Gasteiger charge is -2.09. The normalized spacial score (nSPS) is 10.4. The third-order valence-electron chi connectivity index (χ3n) is 2.44. The lowest BCUT2D eigenvalue weighted by Crippen LogP contribution is -2.12. The Bertz CT molecular complexity index is 668. The van der Waals surface area contributed by atoms with E-state index >= 15 is 0 Å². The molecule has 104 valence electrons. The van der Waals surface area contributed by atoms with Gasteiger partial charge in [-0.1, -0.05) is 46.4 Å². The Morgan fingerprint density at radius 1 is 1.00 bits per heavy atom. The van der Waals surface area contributed by atoms with Crippen LogP contribution in [0.15, 0.2) is 24.3 Å². The van der Waals surface area contributed by atoms with Gasteiger partial charge in [0.15, 0.2) is 0 Å². The molecule has 0 unspecified atom stereocenters. The van der Waals surface area contributed by atoms with Crippen LogP contribution in [0, 0.1) is 6.92 Å². The van der Waals surface area contributed by atoms with Crippen LogP contribution in [-0.4, -0.2) is 10.9 Å². The molecule has 3 nitrogen and oxygen atoms in total. The summed E-state index contributed by atoms with van der Waals surface area (Å²) in [6.45, 7) is 1.74. The third-order valence-corrected chi connectivity index (χ3v) is 3.67. The summed E-state index contributed by atoms with van der Waals surface area (Å²) in [6, 6.07) is 6.04. The standard InChI is InChI=1S/C13H8Cl4N2O/c1-6-2-7(3-12(17)18-6)13(20)19-11-5-9(15)8(14)4-10(11)16/h2-5H,1H3,(H,19,20). The smallest absolute Gasteiger partial charge is 0.255 e. The van der Waals surface area contributed by atoms with Gasteiger partial charge in [-0.15, -0.1) is 0 Å². The second-order valence-corrected chi connectivity index (χ2v) is 5.63. The molecule has 0 aliphatic rings. The molecule has 0 aliphatic carbocycles. The molecule has 1 amide bonds. The second kappa shape index (κ2) is 6.19.